The third kappa shape index (κ3) is 4.11. The number of rotatable bonds is 5. The third-order valence-corrected chi connectivity index (χ3v) is 4.73. The molecule has 2 aromatic carbocycles. The molecule has 0 saturated heterocycles. The van der Waals surface area contributed by atoms with Gasteiger partial charge in [-0.3, -0.25) is 4.79 Å². The topological polar surface area (TPSA) is 81.2 Å². The number of amides is 1. The van der Waals surface area contributed by atoms with Crippen LogP contribution in [0.2, 0.25) is 0 Å². The Kier molecular flexibility index (Phi) is 5.46. The Morgan fingerprint density at radius 2 is 1.96 bits per heavy atom. The summed E-state index contributed by atoms with van der Waals surface area (Å²) in [6.45, 7) is 1.60. The SMILES string of the molecule is CSc1cccc(-c2nc(C(=O)N[C@H](C)c3cc(F)c(N)c(F)c3)co2)c1. The van der Waals surface area contributed by atoms with Crippen LogP contribution in [0.4, 0.5) is 14.5 Å². The van der Waals surface area contributed by atoms with Gasteiger partial charge in [0.1, 0.15) is 23.6 Å². The first-order valence-corrected chi connectivity index (χ1v) is 9.26. The van der Waals surface area contributed by atoms with Gasteiger partial charge in [-0.05, 0) is 49.1 Å². The average molecular weight is 389 g/mol. The van der Waals surface area contributed by atoms with Crippen LogP contribution in [0.5, 0.6) is 0 Å². The number of oxazole rings is 1. The number of nitrogens with two attached hydrogens (primary N) is 1. The van der Waals surface area contributed by atoms with E-state index in [1.54, 1.807) is 18.7 Å². The van der Waals surface area contributed by atoms with Crippen molar-refractivity contribution in [3.05, 3.63) is 65.6 Å². The predicted octanol–water partition coefficient (Wildman–Crippen LogP) is 4.41. The maximum absolute atomic E-state index is 13.6. The molecule has 1 heterocycles. The first kappa shape index (κ1) is 18.9. The summed E-state index contributed by atoms with van der Waals surface area (Å²) in [4.78, 5) is 17.6. The molecule has 0 fully saturated rings. The van der Waals surface area contributed by atoms with Crippen LogP contribution in [-0.4, -0.2) is 17.1 Å². The van der Waals surface area contributed by atoms with Crippen LogP contribution in [0.3, 0.4) is 0 Å². The summed E-state index contributed by atoms with van der Waals surface area (Å²) in [6.07, 6.45) is 3.20. The summed E-state index contributed by atoms with van der Waals surface area (Å²) in [5.74, 6) is -1.95. The van der Waals surface area contributed by atoms with Crippen molar-refractivity contribution in [2.45, 2.75) is 17.9 Å². The Balaban J connectivity index is 1.76. The number of nitrogens with zero attached hydrogens (tertiary/aromatic N) is 1. The maximum Gasteiger partial charge on any atom is 0.273 e. The predicted molar refractivity (Wildman–Crippen MR) is 100 cm³/mol. The first-order chi connectivity index (χ1) is 12.9. The van der Waals surface area contributed by atoms with Crippen molar-refractivity contribution in [2.24, 2.45) is 0 Å². The fourth-order valence-electron chi connectivity index (χ4n) is 2.47. The van der Waals surface area contributed by atoms with Crippen LogP contribution in [0.15, 0.2) is 52.0 Å². The van der Waals surface area contributed by atoms with E-state index in [0.717, 1.165) is 22.6 Å². The fraction of sp³-hybridized carbons (Fsp3) is 0.158. The molecule has 1 atom stereocenters. The van der Waals surface area contributed by atoms with E-state index >= 15 is 0 Å². The third-order valence-electron chi connectivity index (χ3n) is 4.00. The van der Waals surface area contributed by atoms with Gasteiger partial charge >= 0.3 is 0 Å². The van der Waals surface area contributed by atoms with Gasteiger partial charge in [-0.15, -0.1) is 11.8 Å². The Bertz CT molecular complexity index is 968. The van der Waals surface area contributed by atoms with Gasteiger partial charge in [0.15, 0.2) is 5.69 Å². The van der Waals surface area contributed by atoms with Gasteiger partial charge in [-0.25, -0.2) is 13.8 Å². The van der Waals surface area contributed by atoms with Gasteiger partial charge in [0.25, 0.3) is 5.91 Å². The number of aromatic nitrogens is 1. The van der Waals surface area contributed by atoms with Crippen LogP contribution in [0.1, 0.15) is 29.0 Å². The molecule has 0 bridgehead atoms. The van der Waals surface area contributed by atoms with E-state index in [4.69, 9.17) is 10.2 Å². The highest BCUT2D eigenvalue weighted by Gasteiger charge is 2.18. The number of halogens is 2. The van der Waals surface area contributed by atoms with Gasteiger partial charge in [-0.1, -0.05) is 6.07 Å². The molecule has 0 aliphatic rings. The van der Waals surface area contributed by atoms with Gasteiger partial charge in [0.05, 0.1) is 6.04 Å². The van der Waals surface area contributed by atoms with E-state index in [1.165, 1.54) is 6.26 Å². The lowest BCUT2D eigenvalue weighted by molar-refractivity contribution is 0.0934. The summed E-state index contributed by atoms with van der Waals surface area (Å²) < 4.78 is 32.6. The molecular weight excluding hydrogens is 372 g/mol. The molecule has 0 aliphatic heterocycles. The Hall–Kier alpha value is -2.87. The zero-order valence-corrected chi connectivity index (χ0v) is 15.4. The molecule has 27 heavy (non-hydrogen) atoms. The number of anilines is 1. The second kappa shape index (κ2) is 7.79. The molecule has 1 aromatic heterocycles. The number of hydrogen-bond donors (Lipinski definition) is 2. The average Bonchev–Trinajstić information content (AvgIpc) is 3.16. The second-order valence-electron chi connectivity index (χ2n) is 5.86. The maximum atomic E-state index is 13.6. The van der Waals surface area contributed by atoms with E-state index in [9.17, 15) is 13.6 Å². The molecule has 3 N–H and O–H groups in total. The quantitative estimate of drug-likeness (QED) is 0.499. The molecule has 0 unspecified atom stereocenters. The van der Waals surface area contributed by atoms with Crippen LogP contribution in [0.25, 0.3) is 11.5 Å². The number of nitrogen functional groups attached to an aromatic ring is 1. The summed E-state index contributed by atoms with van der Waals surface area (Å²) in [7, 11) is 0. The summed E-state index contributed by atoms with van der Waals surface area (Å²) >= 11 is 1.58. The van der Waals surface area contributed by atoms with E-state index in [-0.39, 0.29) is 11.3 Å². The van der Waals surface area contributed by atoms with Gasteiger partial charge in [-0.2, -0.15) is 0 Å². The lowest BCUT2D eigenvalue weighted by Gasteiger charge is -2.14. The smallest absolute Gasteiger partial charge is 0.273 e. The molecule has 0 saturated carbocycles. The lowest BCUT2D eigenvalue weighted by atomic mass is 10.1. The van der Waals surface area contributed by atoms with Crippen molar-refractivity contribution in [3.8, 4) is 11.5 Å². The molecule has 8 heteroatoms. The number of benzene rings is 2. The van der Waals surface area contributed by atoms with Crippen molar-refractivity contribution < 1.29 is 18.0 Å². The number of carbonyl (C=O) groups is 1. The molecular formula is C19H17F2N3O2S. The summed E-state index contributed by atoms with van der Waals surface area (Å²) in [5, 5.41) is 2.63. The minimum absolute atomic E-state index is 0.0720. The van der Waals surface area contributed by atoms with Gasteiger partial charge in [0, 0.05) is 10.5 Å². The molecule has 1 amide bonds. The molecule has 140 valence electrons. The van der Waals surface area contributed by atoms with Crippen LogP contribution < -0.4 is 11.1 Å². The van der Waals surface area contributed by atoms with Crippen molar-refractivity contribution >= 4 is 23.4 Å². The van der Waals surface area contributed by atoms with E-state index in [1.807, 2.05) is 30.5 Å². The Morgan fingerprint density at radius 1 is 1.26 bits per heavy atom. The molecule has 0 radical (unpaired) electrons. The zero-order valence-electron chi connectivity index (χ0n) is 14.6. The largest absolute Gasteiger partial charge is 0.444 e. The lowest BCUT2D eigenvalue weighted by Crippen LogP contribution is -2.27. The summed E-state index contributed by atoms with van der Waals surface area (Å²) in [6, 6.07) is 9.09. The Morgan fingerprint density at radius 3 is 2.63 bits per heavy atom. The molecule has 5 nitrogen and oxygen atoms in total. The van der Waals surface area contributed by atoms with Crippen molar-refractivity contribution in [1.29, 1.82) is 0 Å². The van der Waals surface area contributed by atoms with E-state index in [2.05, 4.69) is 10.3 Å². The van der Waals surface area contributed by atoms with Crippen LogP contribution in [-0.2, 0) is 0 Å². The fourth-order valence-corrected chi connectivity index (χ4v) is 2.93. The highest BCUT2D eigenvalue weighted by atomic mass is 32.2. The molecule has 0 aliphatic carbocycles. The highest BCUT2D eigenvalue weighted by Crippen LogP contribution is 2.25. The molecule has 3 aromatic rings. The van der Waals surface area contributed by atoms with Crippen LogP contribution in [0, 0.1) is 11.6 Å². The minimum atomic E-state index is -0.872. The number of carbonyl (C=O) groups excluding carboxylic acids is 1. The number of thioether (sulfide) groups is 1. The van der Waals surface area contributed by atoms with Crippen molar-refractivity contribution in [3.63, 3.8) is 0 Å². The molecule has 3 rings (SSSR count). The van der Waals surface area contributed by atoms with Crippen molar-refractivity contribution in [1.82, 2.24) is 10.3 Å². The molecule has 0 spiro atoms. The van der Waals surface area contributed by atoms with Gasteiger partial charge in [0.2, 0.25) is 5.89 Å². The second-order valence-corrected chi connectivity index (χ2v) is 6.74. The number of nitrogens with one attached hydrogen (secondary N) is 1. The summed E-state index contributed by atoms with van der Waals surface area (Å²) in [5.41, 5.74) is 5.78. The van der Waals surface area contributed by atoms with Crippen LogP contribution >= 0.6 is 11.8 Å². The van der Waals surface area contributed by atoms with E-state index in [0.29, 0.717) is 5.89 Å². The van der Waals surface area contributed by atoms with Crippen molar-refractivity contribution in [2.75, 3.05) is 12.0 Å². The minimum Gasteiger partial charge on any atom is -0.444 e. The first-order valence-electron chi connectivity index (χ1n) is 8.04. The highest BCUT2D eigenvalue weighted by molar-refractivity contribution is 7.98. The van der Waals surface area contributed by atoms with E-state index < -0.39 is 29.3 Å². The normalized spacial score (nSPS) is 12.0. The monoisotopic (exact) mass is 389 g/mol. The number of hydrogen-bond acceptors (Lipinski definition) is 5. The Labute approximate surface area is 159 Å². The van der Waals surface area contributed by atoms with Gasteiger partial charge < -0.3 is 15.5 Å². The zero-order chi connectivity index (χ0) is 19.6. The standard InChI is InChI=1S/C19H17F2N3O2S/c1-10(12-7-14(20)17(22)15(21)8-12)23-18(25)16-9-26-19(24-16)11-4-3-5-13(6-11)27-2/h3-10H,22H2,1-2H3,(H,23,25)/t10-/m1/s1.